The van der Waals surface area contributed by atoms with E-state index in [2.05, 4.69) is 4.98 Å². The molecule has 1 aromatic heterocycles. The molecule has 12 heteroatoms. The van der Waals surface area contributed by atoms with Crippen molar-refractivity contribution < 1.29 is 31.5 Å². The Labute approximate surface area is 205 Å². The molecule has 3 fully saturated rings. The van der Waals surface area contributed by atoms with Gasteiger partial charge in [-0.1, -0.05) is 0 Å². The molecule has 35 heavy (non-hydrogen) atoms. The highest BCUT2D eigenvalue weighted by molar-refractivity contribution is 7.89. The van der Waals surface area contributed by atoms with Crippen LogP contribution in [0.4, 0.5) is 14.6 Å². The van der Waals surface area contributed by atoms with E-state index in [0.29, 0.717) is 24.7 Å². The van der Waals surface area contributed by atoms with Crippen LogP contribution < -0.4 is 4.90 Å². The first-order valence-electron chi connectivity index (χ1n) is 12.0. The van der Waals surface area contributed by atoms with Crippen molar-refractivity contribution in [3.8, 4) is 0 Å². The summed E-state index contributed by atoms with van der Waals surface area (Å²) in [6.07, 6.45) is -1.61. The maximum atomic E-state index is 13.9. The summed E-state index contributed by atoms with van der Waals surface area (Å²) in [4.78, 5) is 21.2. The number of nitrogens with zero attached hydrogens (tertiary/aromatic N) is 4. The number of hydrogen-bond acceptors (Lipinski definition) is 7. The number of morpholine rings is 1. The van der Waals surface area contributed by atoms with Gasteiger partial charge < -0.3 is 19.3 Å². The third-order valence-corrected chi connectivity index (χ3v) is 8.99. The zero-order valence-corrected chi connectivity index (χ0v) is 21.4. The summed E-state index contributed by atoms with van der Waals surface area (Å²) in [6, 6.07) is 2.58. The Morgan fingerprint density at radius 1 is 1.17 bits per heavy atom. The zero-order chi connectivity index (χ0) is 25.5. The van der Waals surface area contributed by atoms with Gasteiger partial charge in [0.25, 0.3) is 5.91 Å². The second-order valence-electron chi connectivity index (χ2n) is 9.79. The average Bonchev–Trinajstić information content (AvgIpc) is 3.29. The molecular formula is C23H34F2N4O5S. The summed E-state index contributed by atoms with van der Waals surface area (Å²) in [5.41, 5.74) is 0.670. The minimum atomic E-state index is -4.16. The van der Waals surface area contributed by atoms with E-state index in [-0.39, 0.29) is 61.9 Å². The van der Waals surface area contributed by atoms with E-state index in [4.69, 9.17) is 9.47 Å². The fraction of sp³-hybridized carbons (Fsp3) is 0.739. The number of aromatic nitrogens is 1. The van der Waals surface area contributed by atoms with Crippen molar-refractivity contribution in [2.75, 3.05) is 38.3 Å². The first-order valence-corrected chi connectivity index (χ1v) is 13.5. The van der Waals surface area contributed by atoms with Gasteiger partial charge in [-0.3, -0.25) is 4.79 Å². The van der Waals surface area contributed by atoms with E-state index in [1.165, 1.54) is 18.0 Å². The third kappa shape index (κ3) is 5.16. The van der Waals surface area contributed by atoms with Crippen LogP contribution in [-0.2, 0) is 24.3 Å². The van der Waals surface area contributed by atoms with Crippen molar-refractivity contribution in [2.45, 2.75) is 81.6 Å². The monoisotopic (exact) mass is 516 g/mol. The number of likely N-dealkylation sites (N-methyl/N-ethyl adjacent to an activating group) is 1. The van der Waals surface area contributed by atoms with Crippen molar-refractivity contribution >= 4 is 21.7 Å². The normalized spacial score (nSPS) is 28.3. The molecule has 1 amide bonds. The lowest BCUT2D eigenvalue weighted by atomic mass is 9.91. The average molecular weight is 517 g/mol. The molecule has 3 heterocycles. The van der Waals surface area contributed by atoms with Crippen LogP contribution in [0.5, 0.6) is 0 Å². The highest BCUT2D eigenvalue weighted by Crippen LogP contribution is 2.36. The second kappa shape index (κ2) is 9.87. The van der Waals surface area contributed by atoms with E-state index in [9.17, 15) is 22.0 Å². The van der Waals surface area contributed by atoms with Gasteiger partial charge in [0.15, 0.2) is 0 Å². The van der Waals surface area contributed by atoms with Crippen molar-refractivity contribution in [2.24, 2.45) is 0 Å². The van der Waals surface area contributed by atoms with Gasteiger partial charge in [0.05, 0.1) is 31.9 Å². The fourth-order valence-electron chi connectivity index (χ4n) is 5.13. The molecule has 0 N–H and O–H groups in total. The highest BCUT2D eigenvalue weighted by atomic mass is 32.2. The summed E-state index contributed by atoms with van der Waals surface area (Å²) < 4.78 is 67.2. The predicted molar refractivity (Wildman–Crippen MR) is 125 cm³/mol. The lowest BCUT2D eigenvalue weighted by Crippen LogP contribution is -2.52. The fourth-order valence-corrected chi connectivity index (χ4v) is 6.72. The molecule has 3 aliphatic rings. The molecule has 1 saturated carbocycles. The molecule has 9 nitrogen and oxygen atoms in total. The molecule has 0 aromatic carbocycles. The summed E-state index contributed by atoms with van der Waals surface area (Å²) in [7, 11) is -2.64. The maximum absolute atomic E-state index is 13.9. The zero-order valence-electron chi connectivity index (χ0n) is 20.6. The van der Waals surface area contributed by atoms with Crippen LogP contribution in [0.3, 0.4) is 0 Å². The molecule has 1 aromatic rings. The highest BCUT2D eigenvalue weighted by Gasteiger charge is 2.46. The topological polar surface area (TPSA) is 92.3 Å². The summed E-state index contributed by atoms with van der Waals surface area (Å²) >= 11 is 0. The van der Waals surface area contributed by atoms with Crippen LogP contribution >= 0.6 is 0 Å². The van der Waals surface area contributed by atoms with Gasteiger partial charge in [0.2, 0.25) is 22.2 Å². The number of sulfonamides is 1. The molecule has 1 unspecified atom stereocenters. The van der Waals surface area contributed by atoms with E-state index in [1.54, 1.807) is 13.0 Å². The lowest BCUT2D eigenvalue weighted by molar-refractivity contribution is -0.148. The largest absolute Gasteiger partial charge is 0.377 e. The molecule has 196 valence electrons. The van der Waals surface area contributed by atoms with E-state index in [0.717, 1.165) is 4.31 Å². The number of carbonyl (C=O) groups is 1. The number of carbonyl (C=O) groups excluding carboxylic acids is 1. The maximum Gasteiger partial charge on any atom is 0.268 e. The van der Waals surface area contributed by atoms with Crippen LogP contribution in [0.15, 0.2) is 17.0 Å². The Morgan fingerprint density at radius 2 is 1.80 bits per heavy atom. The van der Waals surface area contributed by atoms with Crippen LogP contribution in [-0.4, -0.2) is 92.2 Å². The van der Waals surface area contributed by atoms with Gasteiger partial charge in [-0.2, -0.15) is 4.31 Å². The molecule has 0 bridgehead atoms. The molecule has 0 spiro atoms. The first-order chi connectivity index (χ1) is 16.4. The van der Waals surface area contributed by atoms with E-state index >= 15 is 0 Å². The third-order valence-electron chi connectivity index (χ3n) is 7.12. The number of aryl methyl sites for hydroxylation is 1. The van der Waals surface area contributed by atoms with E-state index in [1.807, 2.05) is 18.7 Å². The van der Waals surface area contributed by atoms with Crippen LogP contribution in [0.25, 0.3) is 0 Å². The second-order valence-corrected chi connectivity index (χ2v) is 11.7. The van der Waals surface area contributed by atoms with Crippen LogP contribution in [0.1, 0.15) is 45.2 Å². The molecule has 4 rings (SSSR count). The molecule has 2 aliphatic heterocycles. The predicted octanol–water partition coefficient (Wildman–Crippen LogP) is 2.39. The summed E-state index contributed by atoms with van der Waals surface area (Å²) in [5.74, 6) is -2.94. The number of pyridine rings is 1. The van der Waals surface area contributed by atoms with Gasteiger partial charge in [-0.15, -0.1) is 0 Å². The Morgan fingerprint density at radius 3 is 2.43 bits per heavy atom. The number of halogens is 2. The Hall–Kier alpha value is -1.89. The quantitative estimate of drug-likeness (QED) is 0.593. The van der Waals surface area contributed by atoms with Crippen molar-refractivity contribution in [3.05, 3.63) is 17.8 Å². The molecule has 3 atom stereocenters. The Balaban J connectivity index is 1.62. The van der Waals surface area contributed by atoms with Gasteiger partial charge in [-0.25, -0.2) is 22.2 Å². The van der Waals surface area contributed by atoms with E-state index < -0.39 is 28.1 Å². The summed E-state index contributed by atoms with van der Waals surface area (Å²) in [5, 5.41) is 0. The van der Waals surface area contributed by atoms with Gasteiger partial charge >= 0.3 is 0 Å². The van der Waals surface area contributed by atoms with Crippen LogP contribution in [0, 0.1) is 6.92 Å². The van der Waals surface area contributed by atoms with Gasteiger partial charge in [0.1, 0.15) is 10.7 Å². The number of rotatable bonds is 5. The molecule has 2 saturated heterocycles. The minimum Gasteiger partial charge on any atom is -0.377 e. The number of ether oxygens (including phenoxy) is 2. The molecule has 0 radical (unpaired) electrons. The number of hydrogen-bond donors (Lipinski definition) is 0. The lowest BCUT2D eigenvalue weighted by Gasteiger charge is -2.41. The standard InChI is InChI=1S/C23H34F2N4O5S/c1-15-5-6-19(20(26-15)29-16(2)13-33-14-17(29)3)35(31,32)28-11-12-34-22(28)21(30)27(4)18-7-9-23(24,25)10-8-18/h5-6,16-18,22H,7-14H2,1-4H3/t16-,17-,22?/m0/s1. The number of amides is 1. The molecule has 1 aliphatic carbocycles. The summed E-state index contributed by atoms with van der Waals surface area (Å²) in [6.45, 7) is 6.65. The number of alkyl halides is 2. The van der Waals surface area contributed by atoms with Gasteiger partial charge in [-0.05, 0) is 45.7 Å². The first kappa shape index (κ1) is 26.2. The van der Waals surface area contributed by atoms with Gasteiger partial charge in [0, 0.05) is 38.2 Å². The van der Waals surface area contributed by atoms with Crippen molar-refractivity contribution in [1.29, 1.82) is 0 Å². The number of anilines is 1. The Kier molecular flexibility index (Phi) is 7.38. The smallest absolute Gasteiger partial charge is 0.268 e. The Bertz CT molecular complexity index is 1040. The molecular weight excluding hydrogens is 482 g/mol. The SMILES string of the molecule is Cc1ccc(S(=O)(=O)N2CCOC2C(=O)N(C)C2CCC(F)(F)CC2)c(N2[C@@H](C)COC[C@@H]2C)n1. The van der Waals surface area contributed by atoms with Crippen LogP contribution in [0.2, 0.25) is 0 Å². The van der Waals surface area contributed by atoms with Crippen molar-refractivity contribution in [1.82, 2.24) is 14.2 Å². The minimum absolute atomic E-state index is 0.00645. The van der Waals surface area contributed by atoms with Crippen molar-refractivity contribution in [3.63, 3.8) is 0 Å².